The second kappa shape index (κ2) is 7.41. The molecule has 0 aromatic rings. The molecule has 2 aliphatic carbocycles. The molecule has 0 N–H and O–H groups in total. The van der Waals surface area contributed by atoms with E-state index in [4.69, 9.17) is 14.5 Å². The van der Waals surface area contributed by atoms with Crippen molar-refractivity contribution in [3.05, 3.63) is 0 Å². The van der Waals surface area contributed by atoms with Crippen LogP contribution in [-0.2, 0) is 19.3 Å². The summed E-state index contributed by atoms with van der Waals surface area (Å²) in [4.78, 5) is 22.9. The second-order valence-corrected chi connectivity index (χ2v) is 7.31. The van der Waals surface area contributed by atoms with Crippen LogP contribution in [0.3, 0.4) is 0 Å². The van der Waals surface area contributed by atoms with Gasteiger partial charge in [-0.05, 0) is 12.8 Å². The topological polar surface area (TPSA) is 44.8 Å². The fraction of sp³-hybridized carbons (Fsp3) is 0.944. The minimum atomic E-state index is -0.648. The first kappa shape index (κ1) is 16.4. The van der Waals surface area contributed by atoms with Crippen molar-refractivity contribution in [2.45, 2.75) is 108 Å². The monoisotopic (exact) mass is 310 g/mol. The maximum absolute atomic E-state index is 11.5. The van der Waals surface area contributed by atoms with Crippen molar-refractivity contribution in [3.63, 3.8) is 0 Å². The molecule has 0 aromatic carbocycles. The van der Waals surface area contributed by atoms with Gasteiger partial charge in [-0.3, -0.25) is 4.79 Å². The molecule has 22 heavy (non-hydrogen) atoms. The number of carbonyl (C=O) groups is 1. The van der Waals surface area contributed by atoms with Crippen LogP contribution in [0.1, 0.15) is 96.3 Å². The van der Waals surface area contributed by atoms with Gasteiger partial charge in [-0.2, -0.15) is 9.78 Å². The lowest BCUT2D eigenvalue weighted by molar-refractivity contribution is -0.355. The van der Waals surface area contributed by atoms with Gasteiger partial charge in [0.05, 0.1) is 0 Å². The molecule has 0 atom stereocenters. The molecule has 4 nitrogen and oxygen atoms in total. The summed E-state index contributed by atoms with van der Waals surface area (Å²) in [6, 6.07) is 0. The summed E-state index contributed by atoms with van der Waals surface area (Å²) in [7, 11) is 0. The standard InChI is InChI=1S/C18H30O4/c19-16-10-14-18(15-11-16)20-17(21-22-18)12-8-6-4-2-1-3-5-7-9-13-17/h1-15H2. The zero-order chi connectivity index (χ0) is 15.3. The van der Waals surface area contributed by atoms with Crippen molar-refractivity contribution < 1.29 is 19.3 Å². The molecule has 3 rings (SSSR count). The summed E-state index contributed by atoms with van der Waals surface area (Å²) >= 11 is 0. The quantitative estimate of drug-likeness (QED) is 0.603. The SMILES string of the molecule is O=C1CCC2(CC1)OOC1(CCCCCCCCCCC1)O2. The first-order valence-corrected chi connectivity index (χ1v) is 9.31. The van der Waals surface area contributed by atoms with Crippen molar-refractivity contribution in [3.8, 4) is 0 Å². The van der Waals surface area contributed by atoms with Crippen molar-refractivity contribution in [2.75, 3.05) is 0 Å². The number of ketones is 1. The predicted octanol–water partition coefficient (Wildman–Crippen LogP) is 4.81. The highest BCUT2D eigenvalue weighted by Gasteiger charge is 2.53. The number of hydrogen-bond acceptors (Lipinski definition) is 4. The van der Waals surface area contributed by atoms with E-state index in [0.717, 1.165) is 25.7 Å². The van der Waals surface area contributed by atoms with Gasteiger partial charge in [-0.1, -0.05) is 44.9 Å². The molecule has 0 aromatic heterocycles. The van der Waals surface area contributed by atoms with E-state index in [1.807, 2.05) is 0 Å². The van der Waals surface area contributed by atoms with Gasteiger partial charge in [0.25, 0.3) is 0 Å². The van der Waals surface area contributed by atoms with E-state index in [2.05, 4.69) is 0 Å². The number of Topliss-reactive ketones (excluding diaryl/α,β-unsaturated/α-hetero) is 1. The number of rotatable bonds is 0. The smallest absolute Gasteiger partial charge is 0.205 e. The Balaban J connectivity index is 1.60. The van der Waals surface area contributed by atoms with E-state index < -0.39 is 11.6 Å². The molecule has 4 heteroatoms. The molecule has 1 saturated heterocycles. The second-order valence-electron chi connectivity index (χ2n) is 7.31. The van der Waals surface area contributed by atoms with Gasteiger partial charge in [0.2, 0.25) is 11.6 Å². The van der Waals surface area contributed by atoms with Gasteiger partial charge >= 0.3 is 0 Å². The van der Waals surface area contributed by atoms with E-state index in [1.165, 1.54) is 44.9 Å². The lowest BCUT2D eigenvalue weighted by atomic mass is 9.92. The maximum Gasteiger partial charge on any atom is 0.205 e. The normalized spacial score (nSPS) is 30.1. The molecule has 3 fully saturated rings. The van der Waals surface area contributed by atoms with E-state index in [9.17, 15) is 4.79 Å². The maximum atomic E-state index is 11.5. The van der Waals surface area contributed by atoms with Gasteiger partial charge in [0, 0.05) is 38.5 Å². The zero-order valence-electron chi connectivity index (χ0n) is 13.7. The summed E-state index contributed by atoms with van der Waals surface area (Å²) in [5.41, 5.74) is 0. The summed E-state index contributed by atoms with van der Waals surface area (Å²) in [5, 5.41) is 0. The van der Waals surface area contributed by atoms with Crippen LogP contribution in [0, 0.1) is 0 Å². The summed E-state index contributed by atoms with van der Waals surface area (Å²) in [6.45, 7) is 0. The minimum absolute atomic E-state index is 0.317. The Morgan fingerprint density at radius 2 is 1.00 bits per heavy atom. The van der Waals surface area contributed by atoms with Gasteiger partial charge in [-0.25, -0.2) is 0 Å². The van der Waals surface area contributed by atoms with Crippen molar-refractivity contribution in [1.29, 1.82) is 0 Å². The molecule has 1 heterocycles. The third-order valence-corrected chi connectivity index (χ3v) is 5.40. The Kier molecular flexibility index (Phi) is 5.53. The lowest BCUT2D eigenvalue weighted by Crippen LogP contribution is -2.39. The van der Waals surface area contributed by atoms with Crippen LogP contribution in [0.5, 0.6) is 0 Å². The number of ether oxygens (including phenoxy) is 1. The van der Waals surface area contributed by atoms with Gasteiger partial charge in [0.1, 0.15) is 5.78 Å². The average Bonchev–Trinajstić information content (AvgIpc) is 2.86. The van der Waals surface area contributed by atoms with E-state index in [-0.39, 0.29) is 0 Å². The average molecular weight is 310 g/mol. The van der Waals surface area contributed by atoms with Gasteiger partial charge in [0.15, 0.2) is 0 Å². The highest BCUT2D eigenvalue weighted by atomic mass is 17.3. The Labute approximate surface area is 133 Å². The van der Waals surface area contributed by atoms with Crippen LogP contribution in [0.25, 0.3) is 0 Å². The van der Waals surface area contributed by atoms with E-state index >= 15 is 0 Å². The van der Waals surface area contributed by atoms with Crippen LogP contribution in [0.4, 0.5) is 0 Å². The fourth-order valence-electron chi connectivity index (χ4n) is 3.96. The molecule has 126 valence electrons. The molecular weight excluding hydrogens is 280 g/mol. The molecule has 2 saturated carbocycles. The number of carbonyl (C=O) groups excluding carboxylic acids is 1. The van der Waals surface area contributed by atoms with Crippen molar-refractivity contribution in [1.82, 2.24) is 0 Å². The highest BCUT2D eigenvalue weighted by molar-refractivity contribution is 5.79. The molecule has 0 bridgehead atoms. The van der Waals surface area contributed by atoms with Crippen molar-refractivity contribution in [2.24, 2.45) is 0 Å². The Bertz CT molecular complexity index is 357. The van der Waals surface area contributed by atoms with Crippen LogP contribution in [0.2, 0.25) is 0 Å². The summed E-state index contributed by atoms with van der Waals surface area (Å²) in [5.74, 6) is -0.887. The Morgan fingerprint density at radius 1 is 0.591 bits per heavy atom. The van der Waals surface area contributed by atoms with E-state index in [0.29, 0.717) is 31.5 Å². The van der Waals surface area contributed by atoms with Gasteiger partial charge in [-0.15, -0.1) is 0 Å². The predicted molar refractivity (Wildman–Crippen MR) is 83.0 cm³/mol. The molecular formula is C18H30O4. The summed E-state index contributed by atoms with van der Waals surface area (Å²) in [6.07, 6.45) is 15.8. The first-order valence-electron chi connectivity index (χ1n) is 9.31. The van der Waals surface area contributed by atoms with E-state index in [1.54, 1.807) is 0 Å². The minimum Gasteiger partial charge on any atom is -0.312 e. The summed E-state index contributed by atoms with van der Waals surface area (Å²) < 4.78 is 6.37. The van der Waals surface area contributed by atoms with Crippen LogP contribution in [-0.4, -0.2) is 17.4 Å². The molecule has 3 aliphatic rings. The third-order valence-electron chi connectivity index (χ3n) is 5.40. The highest BCUT2D eigenvalue weighted by Crippen LogP contribution is 2.46. The largest absolute Gasteiger partial charge is 0.312 e. The molecule has 1 aliphatic heterocycles. The van der Waals surface area contributed by atoms with Gasteiger partial charge < -0.3 is 4.74 Å². The van der Waals surface area contributed by atoms with Crippen LogP contribution >= 0.6 is 0 Å². The number of hydrogen-bond donors (Lipinski definition) is 0. The molecule has 0 unspecified atom stereocenters. The Hall–Kier alpha value is -0.450. The van der Waals surface area contributed by atoms with Crippen LogP contribution < -0.4 is 0 Å². The molecule has 0 radical (unpaired) electrons. The zero-order valence-corrected chi connectivity index (χ0v) is 13.7. The Morgan fingerprint density at radius 3 is 1.50 bits per heavy atom. The molecule has 0 amide bonds. The molecule has 2 spiro atoms. The first-order chi connectivity index (χ1) is 10.7. The lowest BCUT2D eigenvalue weighted by Gasteiger charge is -2.31. The third kappa shape index (κ3) is 4.09. The fourth-order valence-corrected chi connectivity index (χ4v) is 3.96. The van der Waals surface area contributed by atoms with Crippen molar-refractivity contribution >= 4 is 5.78 Å². The van der Waals surface area contributed by atoms with Crippen LogP contribution in [0.15, 0.2) is 0 Å².